The largest absolute Gasteiger partial charge is 0.469 e. The van der Waals surface area contributed by atoms with Crippen molar-refractivity contribution in [2.75, 3.05) is 19.0 Å². The monoisotopic (exact) mass is 197 g/mol. The van der Waals surface area contributed by atoms with Gasteiger partial charge in [0.1, 0.15) is 0 Å². The van der Waals surface area contributed by atoms with Gasteiger partial charge in [0.05, 0.1) is 25.4 Å². The van der Waals surface area contributed by atoms with E-state index in [1.165, 1.54) is 19.4 Å². The quantitative estimate of drug-likeness (QED) is 0.650. The maximum absolute atomic E-state index is 10.8. The smallest absolute Gasteiger partial charge is 0.307 e. The number of rotatable bonds is 4. The molecule has 0 aliphatic rings. The van der Waals surface area contributed by atoms with Crippen molar-refractivity contribution in [3.8, 4) is 0 Å². The number of aromatic nitrogens is 2. The molecule has 0 atom stereocenters. The summed E-state index contributed by atoms with van der Waals surface area (Å²) in [7, 11) is 1.33. The molecule has 1 aromatic rings. The summed E-state index contributed by atoms with van der Waals surface area (Å²) in [5.74, 6) is -0.296. The Balaban J connectivity index is 2.39. The third-order valence-corrected chi connectivity index (χ3v) is 1.55. The van der Waals surface area contributed by atoms with Gasteiger partial charge in [-0.3, -0.25) is 9.59 Å². The number of carbonyl (C=O) groups is 1. The van der Waals surface area contributed by atoms with E-state index in [0.29, 0.717) is 12.2 Å². The third kappa shape index (κ3) is 3.26. The number of esters is 1. The zero-order valence-corrected chi connectivity index (χ0v) is 7.74. The fourth-order valence-corrected chi connectivity index (χ4v) is 0.884. The van der Waals surface area contributed by atoms with E-state index in [4.69, 9.17) is 0 Å². The third-order valence-electron chi connectivity index (χ3n) is 1.55. The highest BCUT2D eigenvalue weighted by atomic mass is 16.5. The highest BCUT2D eigenvalue weighted by molar-refractivity contribution is 5.69. The first kappa shape index (κ1) is 10.2. The summed E-state index contributed by atoms with van der Waals surface area (Å²) >= 11 is 0. The molecule has 0 spiro atoms. The standard InChI is InChI=1S/C8H11N3O3/c1-14-8(13)2-3-9-6-4-7(12)11-10-5-6/h4-5H,2-3H2,1H3,(H2,9,11,12). The maximum Gasteiger partial charge on any atom is 0.307 e. The van der Waals surface area contributed by atoms with Gasteiger partial charge in [-0.2, -0.15) is 5.10 Å². The fourth-order valence-electron chi connectivity index (χ4n) is 0.884. The lowest BCUT2D eigenvalue weighted by molar-refractivity contribution is -0.140. The van der Waals surface area contributed by atoms with Gasteiger partial charge in [0.2, 0.25) is 0 Å². The molecule has 0 unspecified atom stereocenters. The van der Waals surface area contributed by atoms with Gasteiger partial charge in [-0.1, -0.05) is 0 Å². The van der Waals surface area contributed by atoms with Crippen LogP contribution in [0.1, 0.15) is 6.42 Å². The van der Waals surface area contributed by atoms with E-state index in [0.717, 1.165) is 0 Å². The van der Waals surface area contributed by atoms with Gasteiger partial charge in [-0.05, 0) is 0 Å². The molecular formula is C8H11N3O3. The van der Waals surface area contributed by atoms with Gasteiger partial charge >= 0.3 is 5.97 Å². The summed E-state index contributed by atoms with van der Waals surface area (Å²) in [5.41, 5.74) is 0.297. The van der Waals surface area contributed by atoms with Crippen LogP contribution in [-0.2, 0) is 9.53 Å². The summed E-state index contributed by atoms with van der Waals surface area (Å²) in [6, 6.07) is 1.37. The minimum atomic E-state index is -0.296. The Morgan fingerprint density at radius 1 is 1.71 bits per heavy atom. The van der Waals surface area contributed by atoms with Crippen molar-refractivity contribution in [1.82, 2.24) is 10.2 Å². The zero-order valence-electron chi connectivity index (χ0n) is 7.74. The molecule has 0 radical (unpaired) electrons. The van der Waals surface area contributed by atoms with Crippen LogP contribution in [0.25, 0.3) is 0 Å². The van der Waals surface area contributed by atoms with Crippen molar-refractivity contribution < 1.29 is 9.53 Å². The molecule has 1 aromatic heterocycles. The van der Waals surface area contributed by atoms with Crippen LogP contribution < -0.4 is 10.9 Å². The minimum Gasteiger partial charge on any atom is -0.469 e. The fraction of sp³-hybridized carbons (Fsp3) is 0.375. The number of nitrogens with one attached hydrogen (secondary N) is 2. The van der Waals surface area contributed by atoms with E-state index >= 15 is 0 Å². The minimum absolute atomic E-state index is 0.253. The molecule has 1 rings (SSSR count). The number of hydrogen-bond donors (Lipinski definition) is 2. The lowest BCUT2D eigenvalue weighted by Crippen LogP contribution is -2.12. The van der Waals surface area contributed by atoms with Crippen molar-refractivity contribution in [2.24, 2.45) is 0 Å². The number of carbonyl (C=O) groups excluding carboxylic acids is 1. The van der Waals surface area contributed by atoms with Crippen LogP contribution in [0.3, 0.4) is 0 Å². The van der Waals surface area contributed by atoms with E-state index in [9.17, 15) is 9.59 Å². The Hall–Kier alpha value is -1.85. The molecule has 0 aliphatic heterocycles. The summed E-state index contributed by atoms with van der Waals surface area (Å²) < 4.78 is 4.45. The van der Waals surface area contributed by atoms with E-state index in [2.05, 4.69) is 20.3 Å². The molecule has 0 aromatic carbocycles. The first-order valence-electron chi connectivity index (χ1n) is 4.08. The number of anilines is 1. The van der Waals surface area contributed by atoms with E-state index in [1.54, 1.807) is 0 Å². The Labute approximate surface area is 80.3 Å². The first-order valence-corrected chi connectivity index (χ1v) is 4.08. The first-order chi connectivity index (χ1) is 6.72. The second-order valence-corrected chi connectivity index (χ2v) is 2.59. The molecule has 0 amide bonds. The Bertz CT molecular complexity index is 361. The van der Waals surface area contributed by atoms with Gasteiger partial charge in [-0.15, -0.1) is 0 Å². The predicted molar refractivity (Wildman–Crippen MR) is 50.0 cm³/mol. The van der Waals surface area contributed by atoms with Gasteiger partial charge in [0.15, 0.2) is 0 Å². The number of hydrogen-bond acceptors (Lipinski definition) is 5. The van der Waals surface area contributed by atoms with Gasteiger partial charge < -0.3 is 10.1 Å². The molecule has 0 saturated carbocycles. The SMILES string of the molecule is COC(=O)CCNc1cn[nH]c(=O)c1. The van der Waals surface area contributed by atoms with Gasteiger partial charge in [0, 0.05) is 12.6 Å². The topological polar surface area (TPSA) is 84.1 Å². The molecule has 6 heteroatoms. The molecule has 0 bridgehead atoms. The summed E-state index contributed by atoms with van der Waals surface area (Å²) in [4.78, 5) is 21.5. The number of ether oxygens (including phenoxy) is 1. The average molecular weight is 197 g/mol. The molecule has 76 valence electrons. The molecule has 0 saturated heterocycles. The average Bonchev–Trinajstić information content (AvgIpc) is 2.17. The number of nitrogens with zero attached hydrogens (tertiary/aromatic N) is 1. The van der Waals surface area contributed by atoms with E-state index in [-0.39, 0.29) is 17.9 Å². The van der Waals surface area contributed by atoms with Crippen molar-refractivity contribution in [1.29, 1.82) is 0 Å². The Kier molecular flexibility index (Phi) is 3.66. The lowest BCUT2D eigenvalue weighted by atomic mass is 10.4. The van der Waals surface area contributed by atoms with Crippen molar-refractivity contribution >= 4 is 11.7 Å². The zero-order chi connectivity index (χ0) is 10.4. The van der Waals surface area contributed by atoms with Crippen LogP contribution in [0, 0.1) is 0 Å². The maximum atomic E-state index is 10.8. The molecule has 1 heterocycles. The van der Waals surface area contributed by atoms with E-state index < -0.39 is 0 Å². The Morgan fingerprint density at radius 3 is 3.14 bits per heavy atom. The molecule has 14 heavy (non-hydrogen) atoms. The van der Waals surface area contributed by atoms with Gasteiger partial charge in [0.25, 0.3) is 5.56 Å². The lowest BCUT2D eigenvalue weighted by Gasteiger charge is -2.03. The van der Waals surface area contributed by atoms with Crippen LogP contribution >= 0.6 is 0 Å². The Morgan fingerprint density at radius 2 is 2.50 bits per heavy atom. The van der Waals surface area contributed by atoms with Gasteiger partial charge in [-0.25, -0.2) is 5.10 Å². The normalized spacial score (nSPS) is 9.50. The molecule has 6 nitrogen and oxygen atoms in total. The molecule has 2 N–H and O–H groups in total. The highest BCUT2D eigenvalue weighted by Gasteiger charge is 1.99. The van der Waals surface area contributed by atoms with Crippen molar-refractivity contribution in [3.63, 3.8) is 0 Å². The van der Waals surface area contributed by atoms with Crippen molar-refractivity contribution in [2.45, 2.75) is 6.42 Å². The second-order valence-electron chi connectivity index (χ2n) is 2.59. The second kappa shape index (κ2) is 5.00. The van der Waals surface area contributed by atoms with Crippen molar-refractivity contribution in [3.05, 3.63) is 22.6 Å². The van der Waals surface area contributed by atoms with Crippen LogP contribution in [0.4, 0.5) is 5.69 Å². The number of aromatic amines is 1. The summed E-state index contributed by atoms with van der Waals surface area (Å²) in [5, 5.41) is 8.70. The summed E-state index contributed by atoms with van der Waals surface area (Å²) in [6.07, 6.45) is 1.72. The van der Waals surface area contributed by atoms with E-state index in [1.807, 2.05) is 0 Å². The van der Waals surface area contributed by atoms with Crippen LogP contribution in [-0.4, -0.2) is 29.8 Å². The number of H-pyrrole nitrogens is 1. The van der Waals surface area contributed by atoms with Crippen LogP contribution in [0.5, 0.6) is 0 Å². The summed E-state index contributed by atoms with van der Waals surface area (Å²) in [6.45, 7) is 0.414. The predicted octanol–water partition coefficient (Wildman–Crippen LogP) is -0.255. The molecular weight excluding hydrogens is 186 g/mol. The number of methoxy groups -OCH3 is 1. The highest BCUT2D eigenvalue weighted by Crippen LogP contribution is 1.98. The van der Waals surface area contributed by atoms with Crippen LogP contribution in [0.2, 0.25) is 0 Å². The molecule has 0 fully saturated rings. The van der Waals surface area contributed by atoms with Crippen LogP contribution in [0.15, 0.2) is 17.1 Å². The molecule has 0 aliphatic carbocycles.